The van der Waals surface area contributed by atoms with Crippen LogP contribution in [-0.4, -0.2) is 10.1 Å². The Morgan fingerprint density at radius 2 is 2.00 bits per heavy atom. The Labute approximate surface area is 84.9 Å². The van der Waals surface area contributed by atoms with Gasteiger partial charge in [0.1, 0.15) is 0 Å². The van der Waals surface area contributed by atoms with Gasteiger partial charge in [-0.3, -0.25) is 0 Å². The zero-order valence-corrected chi connectivity index (χ0v) is 8.68. The molecule has 1 nitrogen and oxygen atoms in total. The fraction of sp³-hybridized carbons (Fsp3) is 0.222. The second kappa shape index (κ2) is 4.06. The summed E-state index contributed by atoms with van der Waals surface area (Å²) < 4.78 is -0.950. The minimum Gasteiger partial charge on any atom is -0.300 e. The smallest absolute Gasteiger partial charge is 0.158 e. The van der Waals surface area contributed by atoms with Gasteiger partial charge in [0.05, 0.1) is 0 Å². The average Bonchev–Trinajstić information content (AvgIpc) is 2.06. The van der Waals surface area contributed by atoms with Crippen molar-refractivity contribution in [2.75, 3.05) is 0 Å². The van der Waals surface area contributed by atoms with E-state index < -0.39 is 3.78 Å². The minimum atomic E-state index is -0.950. The lowest BCUT2D eigenvalue weighted by atomic mass is 10.1. The van der Waals surface area contributed by atoms with Gasteiger partial charge in [-0.25, -0.2) is 0 Å². The summed E-state index contributed by atoms with van der Waals surface area (Å²) in [6.45, 7) is 0. The van der Waals surface area contributed by atoms with Gasteiger partial charge in [-0.1, -0.05) is 57.9 Å². The summed E-state index contributed by atoms with van der Waals surface area (Å²) in [7, 11) is 0. The van der Waals surface area contributed by atoms with Crippen molar-refractivity contribution < 1.29 is 4.79 Å². The van der Waals surface area contributed by atoms with Crippen LogP contribution >= 0.6 is 27.5 Å². The summed E-state index contributed by atoms with van der Waals surface area (Å²) >= 11 is 8.92. The fourth-order valence-electron chi connectivity index (χ4n) is 0.910. The highest BCUT2D eigenvalue weighted by Gasteiger charge is 2.22. The molecule has 0 heterocycles. The van der Waals surface area contributed by atoms with Crippen molar-refractivity contribution in [3.63, 3.8) is 0 Å². The van der Waals surface area contributed by atoms with Crippen LogP contribution in [0.5, 0.6) is 0 Å². The molecule has 1 aromatic rings. The maximum atomic E-state index is 10.5. The maximum absolute atomic E-state index is 10.5. The zero-order valence-electron chi connectivity index (χ0n) is 6.34. The van der Waals surface area contributed by atoms with Crippen LogP contribution in [0.1, 0.15) is 5.56 Å². The van der Waals surface area contributed by atoms with Gasteiger partial charge in [-0.05, 0) is 5.56 Å². The molecule has 0 amide bonds. The fourth-order valence-corrected chi connectivity index (χ4v) is 1.39. The summed E-state index contributed by atoms with van der Waals surface area (Å²) in [4.78, 5) is 10.5. The molecule has 0 aliphatic heterocycles. The van der Waals surface area contributed by atoms with Crippen LogP contribution in [0.25, 0.3) is 0 Å². The molecule has 0 N–H and O–H groups in total. The Bertz CT molecular complexity index is 258. The van der Waals surface area contributed by atoms with E-state index in [-0.39, 0.29) is 0 Å². The Kier molecular flexibility index (Phi) is 3.29. The van der Waals surface area contributed by atoms with Crippen LogP contribution in [0.15, 0.2) is 30.3 Å². The summed E-state index contributed by atoms with van der Waals surface area (Å²) in [6.07, 6.45) is 1.19. The molecule has 0 fully saturated rings. The number of carbonyl (C=O) groups excluding carboxylic acids is 1. The van der Waals surface area contributed by atoms with E-state index in [0.717, 1.165) is 5.56 Å². The molecule has 0 saturated carbocycles. The number of benzene rings is 1. The van der Waals surface area contributed by atoms with Crippen molar-refractivity contribution >= 4 is 33.8 Å². The molecule has 0 saturated heterocycles. The van der Waals surface area contributed by atoms with E-state index >= 15 is 0 Å². The zero-order chi connectivity index (χ0) is 9.03. The number of hydrogen-bond donors (Lipinski definition) is 0. The van der Waals surface area contributed by atoms with Crippen molar-refractivity contribution in [2.45, 2.75) is 10.2 Å². The van der Waals surface area contributed by atoms with Gasteiger partial charge in [-0.2, -0.15) is 0 Å². The molecular weight excluding hydrogens is 239 g/mol. The SMILES string of the molecule is O=CC(Cl)(Br)Cc1ccccc1. The van der Waals surface area contributed by atoms with Crippen LogP contribution in [0.2, 0.25) is 0 Å². The van der Waals surface area contributed by atoms with E-state index in [0.29, 0.717) is 12.7 Å². The van der Waals surface area contributed by atoms with Gasteiger partial charge in [0.15, 0.2) is 10.1 Å². The predicted molar refractivity (Wildman–Crippen MR) is 53.7 cm³/mol. The third kappa shape index (κ3) is 2.95. The highest BCUT2D eigenvalue weighted by Crippen LogP contribution is 2.25. The van der Waals surface area contributed by atoms with Crippen molar-refractivity contribution in [3.05, 3.63) is 35.9 Å². The van der Waals surface area contributed by atoms with E-state index in [1.165, 1.54) is 0 Å². The van der Waals surface area contributed by atoms with Crippen molar-refractivity contribution in [1.82, 2.24) is 0 Å². The van der Waals surface area contributed by atoms with E-state index in [9.17, 15) is 4.79 Å². The second-order valence-corrected chi connectivity index (χ2v) is 5.09. The lowest BCUT2D eigenvalue weighted by Crippen LogP contribution is -2.16. The number of carbonyl (C=O) groups is 1. The molecule has 0 bridgehead atoms. The molecule has 0 radical (unpaired) electrons. The number of halogens is 2. The molecule has 1 atom stereocenters. The average molecular weight is 248 g/mol. The van der Waals surface area contributed by atoms with Crippen molar-refractivity contribution in [1.29, 1.82) is 0 Å². The molecule has 12 heavy (non-hydrogen) atoms. The molecule has 1 aromatic carbocycles. The lowest BCUT2D eigenvalue weighted by Gasteiger charge is -2.11. The molecule has 1 unspecified atom stereocenters. The van der Waals surface area contributed by atoms with Crippen LogP contribution < -0.4 is 0 Å². The van der Waals surface area contributed by atoms with Crippen molar-refractivity contribution in [2.24, 2.45) is 0 Å². The van der Waals surface area contributed by atoms with E-state index in [1.807, 2.05) is 30.3 Å². The van der Waals surface area contributed by atoms with Crippen molar-refractivity contribution in [3.8, 4) is 0 Å². The molecule has 0 spiro atoms. The molecule has 0 aliphatic rings. The largest absolute Gasteiger partial charge is 0.300 e. The van der Waals surface area contributed by atoms with Crippen LogP contribution in [0.3, 0.4) is 0 Å². The van der Waals surface area contributed by atoms with E-state index in [1.54, 1.807) is 0 Å². The Balaban J connectivity index is 2.70. The maximum Gasteiger partial charge on any atom is 0.158 e. The molecule has 0 aliphatic carbocycles. The quantitative estimate of drug-likeness (QED) is 0.593. The monoisotopic (exact) mass is 246 g/mol. The predicted octanol–water partition coefficient (Wildman–Crippen LogP) is 2.76. The van der Waals surface area contributed by atoms with Gasteiger partial charge >= 0.3 is 0 Å². The first kappa shape index (κ1) is 9.75. The Hall–Kier alpha value is -0.340. The standard InChI is InChI=1S/C9H8BrClO/c10-9(11,7-12)6-8-4-2-1-3-5-8/h1-5,7H,6H2. The third-order valence-electron chi connectivity index (χ3n) is 1.46. The number of alkyl halides is 2. The van der Waals surface area contributed by atoms with Gasteiger partial charge in [0, 0.05) is 6.42 Å². The Morgan fingerprint density at radius 1 is 1.42 bits per heavy atom. The summed E-state index contributed by atoms with van der Waals surface area (Å²) in [5.74, 6) is 0. The number of aldehydes is 1. The van der Waals surface area contributed by atoms with Gasteiger partial charge < -0.3 is 4.79 Å². The Morgan fingerprint density at radius 3 is 2.50 bits per heavy atom. The van der Waals surface area contributed by atoms with Crippen LogP contribution in [0.4, 0.5) is 0 Å². The highest BCUT2D eigenvalue weighted by atomic mass is 79.9. The van der Waals surface area contributed by atoms with Crippen LogP contribution in [0, 0.1) is 0 Å². The van der Waals surface area contributed by atoms with Gasteiger partial charge in [0.25, 0.3) is 0 Å². The molecule has 64 valence electrons. The second-order valence-electron chi connectivity index (χ2n) is 2.54. The van der Waals surface area contributed by atoms with E-state index in [4.69, 9.17) is 11.6 Å². The van der Waals surface area contributed by atoms with Gasteiger partial charge in [-0.15, -0.1) is 0 Å². The van der Waals surface area contributed by atoms with Gasteiger partial charge in [0.2, 0.25) is 0 Å². The first-order valence-electron chi connectivity index (χ1n) is 3.52. The highest BCUT2D eigenvalue weighted by molar-refractivity contribution is 9.10. The molecule has 3 heteroatoms. The number of rotatable bonds is 3. The molecule has 1 rings (SSSR count). The summed E-state index contributed by atoms with van der Waals surface area (Å²) in [6, 6.07) is 9.62. The minimum absolute atomic E-state index is 0.499. The molecular formula is C9H8BrClO. The topological polar surface area (TPSA) is 17.1 Å². The first-order chi connectivity index (χ1) is 5.64. The summed E-state index contributed by atoms with van der Waals surface area (Å²) in [5, 5.41) is 0. The third-order valence-corrected chi connectivity index (χ3v) is 2.15. The summed E-state index contributed by atoms with van der Waals surface area (Å²) in [5.41, 5.74) is 1.04. The first-order valence-corrected chi connectivity index (χ1v) is 4.69. The number of hydrogen-bond acceptors (Lipinski definition) is 1. The van der Waals surface area contributed by atoms with E-state index in [2.05, 4.69) is 15.9 Å². The normalized spacial score (nSPS) is 15.2. The molecule has 0 aromatic heterocycles. The lowest BCUT2D eigenvalue weighted by molar-refractivity contribution is -0.108. The van der Waals surface area contributed by atoms with Crippen LogP contribution in [-0.2, 0) is 11.2 Å².